The largest absolute Gasteiger partial charge is 0.497 e. The fourth-order valence-electron chi connectivity index (χ4n) is 4.52. The first-order valence-corrected chi connectivity index (χ1v) is 10.1. The number of fused-ring (bicyclic) bond motifs is 2. The minimum absolute atomic E-state index is 0.0491. The van der Waals surface area contributed by atoms with Crippen LogP contribution in [0.5, 0.6) is 5.75 Å². The van der Waals surface area contributed by atoms with Crippen molar-refractivity contribution in [2.75, 3.05) is 26.8 Å². The lowest BCUT2D eigenvalue weighted by molar-refractivity contribution is 0.0503. The van der Waals surface area contributed by atoms with Crippen molar-refractivity contribution < 1.29 is 9.47 Å². The SMILES string of the molecule is COc1ccc(CN2CC[C@@]3(COCc4cnc(-c5ccccc5)nc43)C2)cc1. The summed E-state index contributed by atoms with van der Waals surface area (Å²) in [7, 11) is 1.70. The summed E-state index contributed by atoms with van der Waals surface area (Å²) < 4.78 is 11.3. The molecule has 1 aromatic heterocycles. The van der Waals surface area contributed by atoms with Gasteiger partial charge in [-0.3, -0.25) is 4.90 Å². The maximum Gasteiger partial charge on any atom is 0.159 e. The van der Waals surface area contributed by atoms with E-state index in [1.807, 2.05) is 36.5 Å². The summed E-state index contributed by atoms with van der Waals surface area (Å²) >= 11 is 0. The quantitative estimate of drug-likeness (QED) is 0.681. The van der Waals surface area contributed by atoms with Gasteiger partial charge in [-0.1, -0.05) is 42.5 Å². The van der Waals surface area contributed by atoms with Crippen LogP contribution < -0.4 is 4.74 Å². The zero-order valence-electron chi connectivity index (χ0n) is 16.7. The second-order valence-electron chi connectivity index (χ2n) is 8.02. The molecule has 5 nitrogen and oxygen atoms in total. The van der Waals surface area contributed by atoms with Crippen molar-refractivity contribution in [2.45, 2.75) is 25.0 Å². The predicted octanol–water partition coefficient (Wildman–Crippen LogP) is 3.83. The van der Waals surface area contributed by atoms with E-state index in [9.17, 15) is 0 Å². The van der Waals surface area contributed by atoms with Crippen LogP contribution in [0.2, 0.25) is 0 Å². The van der Waals surface area contributed by atoms with Gasteiger partial charge in [-0.2, -0.15) is 0 Å². The summed E-state index contributed by atoms with van der Waals surface area (Å²) in [6, 6.07) is 18.6. The molecule has 0 aliphatic carbocycles. The normalized spacial score (nSPS) is 21.3. The van der Waals surface area contributed by atoms with Crippen LogP contribution in [0.25, 0.3) is 11.4 Å². The second kappa shape index (κ2) is 7.58. The molecule has 0 N–H and O–H groups in total. The van der Waals surface area contributed by atoms with E-state index < -0.39 is 0 Å². The van der Waals surface area contributed by atoms with Crippen molar-refractivity contribution in [3.63, 3.8) is 0 Å². The van der Waals surface area contributed by atoms with Crippen LogP contribution in [-0.4, -0.2) is 41.7 Å². The molecule has 1 saturated heterocycles. The van der Waals surface area contributed by atoms with E-state index in [0.717, 1.165) is 55.4 Å². The van der Waals surface area contributed by atoms with Crippen molar-refractivity contribution in [1.29, 1.82) is 0 Å². The Balaban J connectivity index is 1.40. The Kier molecular flexibility index (Phi) is 4.78. The molecule has 1 atom stereocenters. The summed E-state index contributed by atoms with van der Waals surface area (Å²) in [5.74, 6) is 1.70. The third-order valence-corrected chi connectivity index (χ3v) is 6.03. The molecule has 0 radical (unpaired) electrons. The lowest BCUT2D eigenvalue weighted by Gasteiger charge is -2.34. The van der Waals surface area contributed by atoms with E-state index in [1.165, 1.54) is 11.3 Å². The summed E-state index contributed by atoms with van der Waals surface area (Å²) in [6.45, 7) is 4.25. The van der Waals surface area contributed by atoms with Crippen molar-refractivity contribution >= 4 is 0 Å². The van der Waals surface area contributed by atoms with E-state index in [1.54, 1.807) is 7.11 Å². The Hall–Kier alpha value is -2.76. The van der Waals surface area contributed by atoms with Crippen molar-refractivity contribution in [3.05, 3.63) is 77.6 Å². The van der Waals surface area contributed by atoms with Crippen LogP contribution in [0.1, 0.15) is 23.2 Å². The third-order valence-electron chi connectivity index (χ3n) is 6.03. The lowest BCUT2D eigenvalue weighted by Crippen LogP contribution is -2.40. The Labute approximate surface area is 171 Å². The number of hydrogen-bond donors (Lipinski definition) is 0. The highest BCUT2D eigenvalue weighted by molar-refractivity contribution is 5.55. The van der Waals surface area contributed by atoms with E-state index >= 15 is 0 Å². The van der Waals surface area contributed by atoms with Crippen molar-refractivity contribution in [2.24, 2.45) is 0 Å². The van der Waals surface area contributed by atoms with E-state index in [2.05, 4.69) is 34.1 Å². The number of nitrogens with zero attached hydrogens (tertiary/aromatic N) is 3. The van der Waals surface area contributed by atoms with Gasteiger partial charge in [-0.05, 0) is 30.7 Å². The van der Waals surface area contributed by atoms with Gasteiger partial charge in [0.05, 0.1) is 31.4 Å². The van der Waals surface area contributed by atoms with Crippen LogP contribution in [-0.2, 0) is 23.3 Å². The number of aromatic nitrogens is 2. The molecule has 0 amide bonds. The van der Waals surface area contributed by atoms with Crippen LogP contribution in [0.3, 0.4) is 0 Å². The van der Waals surface area contributed by atoms with Gasteiger partial charge in [0.15, 0.2) is 5.82 Å². The van der Waals surface area contributed by atoms with Crippen molar-refractivity contribution in [1.82, 2.24) is 14.9 Å². The summed E-state index contributed by atoms with van der Waals surface area (Å²) in [6.07, 6.45) is 3.01. The number of rotatable bonds is 4. The van der Waals surface area contributed by atoms with Gasteiger partial charge < -0.3 is 9.47 Å². The van der Waals surface area contributed by atoms with Gasteiger partial charge in [0.25, 0.3) is 0 Å². The van der Waals surface area contributed by atoms with Crippen LogP contribution >= 0.6 is 0 Å². The molecule has 5 rings (SSSR count). The maximum atomic E-state index is 5.98. The Morgan fingerprint density at radius 3 is 2.72 bits per heavy atom. The van der Waals surface area contributed by atoms with Crippen molar-refractivity contribution in [3.8, 4) is 17.1 Å². The minimum Gasteiger partial charge on any atom is -0.497 e. The van der Waals surface area contributed by atoms with E-state index in [-0.39, 0.29) is 5.41 Å². The molecule has 1 fully saturated rings. The summed E-state index contributed by atoms with van der Waals surface area (Å²) in [5.41, 5.74) is 4.61. The Morgan fingerprint density at radius 2 is 1.93 bits per heavy atom. The first-order valence-electron chi connectivity index (χ1n) is 10.1. The van der Waals surface area contributed by atoms with Crippen LogP contribution in [0.4, 0.5) is 0 Å². The first-order chi connectivity index (χ1) is 14.3. The molecule has 3 heterocycles. The van der Waals surface area contributed by atoms with Gasteiger partial charge in [0.2, 0.25) is 0 Å². The number of hydrogen-bond acceptors (Lipinski definition) is 5. The van der Waals surface area contributed by atoms with Crippen LogP contribution in [0, 0.1) is 0 Å². The highest BCUT2D eigenvalue weighted by Crippen LogP contribution is 2.40. The number of likely N-dealkylation sites (tertiary alicyclic amines) is 1. The summed E-state index contributed by atoms with van der Waals surface area (Å²) in [4.78, 5) is 12.2. The molecule has 1 spiro atoms. The summed E-state index contributed by atoms with van der Waals surface area (Å²) in [5, 5.41) is 0. The van der Waals surface area contributed by atoms with Crippen LogP contribution in [0.15, 0.2) is 60.8 Å². The highest BCUT2D eigenvalue weighted by Gasteiger charge is 2.44. The fraction of sp³-hybridized carbons (Fsp3) is 0.333. The molecule has 2 aliphatic rings. The molecule has 29 heavy (non-hydrogen) atoms. The molecule has 148 valence electrons. The maximum absolute atomic E-state index is 5.98. The third kappa shape index (κ3) is 3.52. The number of methoxy groups -OCH3 is 1. The average Bonchev–Trinajstić information content (AvgIpc) is 3.18. The molecular weight excluding hydrogens is 362 g/mol. The Bertz CT molecular complexity index is 991. The predicted molar refractivity (Wildman–Crippen MR) is 112 cm³/mol. The number of benzene rings is 2. The molecule has 0 bridgehead atoms. The zero-order chi connectivity index (χ0) is 19.7. The molecule has 2 aliphatic heterocycles. The van der Waals surface area contributed by atoms with Gasteiger partial charge in [-0.15, -0.1) is 0 Å². The van der Waals surface area contributed by atoms with Gasteiger partial charge in [0, 0.05) is 30.4 Å². The zero-order valence-corrected chi connectivity index (χ0v) is 16.7. The molecule has 3 aromatic rings. The van der Waals surface area contributed by atoms with E-state index in [0.29, 0.717) is 6.61 Å². The highest BCUT2D eigenvalue weighted by atomic mass is 16.5. The van der Waals surface area contributed by atoms with Gasteiger partial charge in [-0.25, -0.2) is 9.97 Å². The average molecular weight is 387 g/mol. The van der Waals surface area contributed by atoms with E-state index in [4.69, 9.17) is 14.5 Å². The smallest absolute Gasteiger partial charge is 0.159 e. The molecule has 0 unspecified atom stereocenters. The molecular formula is C24H25N3O2. The topological polar surface area (TPSA) is 47.5 Å². The number of ether oxygens (including phenoxy) is 2. The molecule has 2 aromatic carbocycles. The van der Waals surface area contributed by atoms with Gasteiger partial charge >= 0.3 is 0 Å². The standard InChI is InChI=1S/C24H25N3O2/c1-28-21-9-7-18(8-10-21)14-27-12-11-24(16-27)17-29-15-20-13-25-23(26-22(20)24)19-5-3-2-4-6-19/h2-10,13H,11-12,14-17H2,1H3/t24-/m0/s1. The first kappa shape index (κ1) is 18.3. The Morgan fingerprint density at radius 1 is 1.10 bits per heavy atom. The monoisotopic (exact) mass is 387 g/mol. The minimum atomic E-state index is -0.0491. The second-order valence-corrected chi connectivity index (χ2v) is 8.02. The lowest BCUT2D eigenvalue weighted by atomic mass is 9.80. The van der Waals surface area contributed by atoms with Gasteiger partial charge in [0.1, 0.15) is 5.75 Å². The fourth-order valence-corrected chi connectivity index (χ4v) is 4.52. The molecule has 5 heteroatoms. The molecule has 0 saturated carbocycles.